The van der Waals surface area contributed by atoms with Gasteiger partial charge in [0.15, 0.2) is 0 Å². The van der Waals surface area contributed by atoms with Gasteiger partial charge in [0.05, 0.1) is 0 Å². The van der Waals surface area contributed by atoms with Gasteiger partial charge < -0.3 is 16.0 Å². The van der Waals surface area contributed by atoms with E-state index in [1.54, 1.807) is 0 Å². The molecule has 82 valence electrons. The molecule has 1 fully saturated rings. The van der Waals surface area contributed by atoms with E-state index in [-0.39, 0.29) is 5.92 Å². The van der Waals surface area contributed by atoms with Crippen molar-refractivity contribution in [3.8, 4) is 0 Å². The normalized spacial score (nSPS) is 17.9. The minimum atomic E-state index is -1.23. The zero-order chi connectivity index (χ0) is 11.3. The quantitative estimate of drug-likeness (QED) is 0.406. The largest absolute Gasteiger partial charge is 0.465 e. The van der Waals surface area contributed by atoms with Crippen LogP contribution in [-0.4, -0.2) is 34.0 Å². The Balaban J connectivity index is 2.71. The van der Waals surface area contributed by atoms with Crippen LogP contribution in [0.4, 0.5) is 4.79 Å². The van der Waals surface area contributed by atoms with E-state index in [1.807, 2.05) is 0 Å². The Morgan fingerprint density at radius 2 is 2.07 bits per heavy atom. The van der Waals surface area contributed by atoms with Crippen molar-refractivity contribution < 1.29 is 19.5 Å². The van der Waals surface area contributed by atoms with Gasteiger partial charge >= 0.3 is 12.3 Å². The van der Waals surface area contributed by atoms with Crippen molar-refractivity contribution in [2.24, 2.45) is 5.92 Å². The smallest absolute Gasteiger partial charge is 0.405 e. The highest BCUT2D eigenvalue weighted by Crippen LogP contribution is 2.27. The first kappa shape index (κ1) is 11.4. The van der Waals surface area contributed by atoms with E-state index < -0.39 is 17.9 Å². The molecule has 0 aromatic heterocycles. The summed E-state index contributed by atoms with van der Waals surface area (Å²) in [5, 5.41) is 10.8. The fourth-order valence-electron chi connectivity index (χ4n) is 1.98. The first-order valence-corrected chi connectivity index (χ1v) is 4.86. The van der Waals surface area contributed by atoms with Crippen LogP contribution < -0.4 is 5.32 Å². The topological polar surface area (TPSA) is 103 Å². The Morgan fingerprint density at radius 3 is 2.53 bits per heavy atom. The van der Waals surface area contributed by atoms with Gasteiger partial charge in [-0.1, -0.05) is 12.8 Å². The molecule has 1 aliphatic rings. The van der Waals surface area contributed by atoms with Gasteiger partial charge in [-0.05, 0) is 18.8 Å². The Morgan fingerprint density at radius 1 is 1.47 bits per heavy atom. The number of hydrogen-bond acceptors (Lipinski definition) is 2. The highest BCUT2D eigenvalue weighted by Gasteiger charge is 2.32. The van der Waals surface area contributed by atoms with E-state index in [0.29, 0.717) is 0 Å². The van der Waals surface area contributed by atoms with Crippen molar-refractivity contribution in [2.45, 2.75) is 31.7 Å². The average Bonchev–Trinajstić information content (AvgIpc) is 2.66. The van der Waals surface area contributed by atoms with Crippen molar-refractivity contribution in [3.05, 3.63) is 5.53 Å². The molecular formula is C9H13N3O3. The van der Waals surface area contributed by atoms with E-state index in [9.17, 15) is 9.59 Å². The summed E-state index contributed by atoms with van der Waals surface area (Å²) >= 11 is 0. The molecule has 1 saturated carbocycles. The molecule has 0 spiro atoms. The van der Waals surface area contributed by atoms with Crippen LogP contribution in [0.3, 0.4) is 0 Å². The summed E-state index contributed by atoms with van der Waals surface area (Å²) in [5.74, 6) is -0.474. The van der Waals surface area contributed by atoms with Gasteiger partial charge in [-0.3, -0.25) is 4.79 Å². The number of hydrogen-bond donors (Lipinski definition) is 2. The van der Waals surface area contributed by atoms with Crippen LogP contribution in [0.1, 0.15) is 25.7 Å². The maximum Gasteiger partial charge on any atom is 0.405 e. The number of carbonyl (C=O) groups excluding carboxylic acids is 1. The summed E-state index contributed by atoms with van der Waals surface area (Å²) in [6.07, 6.45) is 3.19. The molecule has 0 bridgehead atoms. The van der Waals surface area contributed by atoms with Gasteiger partial charge in [0.1, 0.15) is 6.04 Å². The number of nitrogens with zero attached hydrogens (tertiary/aromatic N) is 2. The Bertz CT molecular complexity index is 304. The van der Waals surface area contributed by atoms with Crippen molar-refractivity contribution in [3.63, 3.8) is 0 Å². The molecule has 6 heteroatoms. The van der Waals surface area contributed by atoms with E-state index >= 15 is 0 Å². The zero-order valence-corrected chi connectivity index (χ0v) is 8.22. The minimum absolute atomic E-state index is 0.0200. The maximum absolute atomic E-state index is 11.4. The third-order valence-electron chi connectivity index (χ3n) is 2.64. The predicted octanol–water partition coefficient (Wildman–Crippen LogP) is 0.682. The van der Waals surface area contributed by atoms with Crippen LogP contribution in [0.15, 0.2) is 0 Å². The minimum Gasteiger partial charge on any atom is -0.465 e. The molecule has 0 aliphatic heterocycles. The van der Waals surface area contributed by atoms with Crippen LogP contribution in [0.25, 0.3) is 5.53 Å². The van der Waals surface area contributed by atoms with Crippen LogP contribution in [0.2, 0.25) is 0 Å². The molecule has 2 N–H and O–H groups in total. The van der Waals surface area contributed by atoms with Crippen LogP contribution >= 0.6 is 0 Å². The summed E-state index contributed by atoms with van der Waals surface area (Å²) in [7, 11) is 0. The van der Waals surface area contributed by atoms with E-state index in [2.05, 4.69) is 10.1 Å². The molecule has 1 aliphatic carbocycles. The molecule has 0 heterocycles. The first-order chi connectivity index (χ1) is 7.15. The molecule has 1 amide bonds. The first-order valence-electron chi connectivity index (χ1n) is 4.86. The highest BCUT2D eigenvalue weighted by molar-refractivity contribution is 6.28. The summed E-state index contributed by atoms with van der Waals surface area (Å²) in [5.41, 5.74) is 8.24. The fraction of sp³-hybridized carbons (Fsp3) is 0.667. The summed E-state index contributed by atoms with van der Waals surface area (Å²) < 4.78 is 0. The fourth-order valence-corrected chi connectivity index (χ4v) is 1.98. The Hall–Kier alpha value is -1.68. The van der Waals surface area contributed by atoms with Crippen molar-refractivity contribution in [1.29, 1.82) is 0 Å². The summed E-state index contributed by atoms with van der Waals surface area (Å²) in [6.45, 7) is 0. The molecule has 0 aromatic carbocycles. The monoisotopic (exact) mass is 211 g/mol. The van der Waals surface area contributed by atoms with Gasteiger partial charge in [-0.15, -0.1) is 0 Å². The Kier molecular flexibility index (Phi) is 4.00. The molecule has 0 unspecified atom stereocenters. The zero-order valence-electron chi connectivity index (χ0n) is 8.22. The van der Waals surface area contributed by atoms with Gasteiger partial charge in [0.2, 0.25) is 0 Å². The van der Waals surface area contributed by atoms with E-state index in [4.69, 9.17) is 10.6 Å². The lowest BCUT2D eigenvalue weighted by molar-refractivity contribution is -0.119. The van der Waals surface area contributed by atoms with Crippen LogP contribution in [-0.2, 0) is 4.79 Å². The second kappa shape index (κ2) is 5.26. The highest BCUT2D eigenvalue weighted by atomic mass is 16.4. The van der Waals surface area contributed by atoms with E-state index in [1.165, 1.54) is 0 Å². The summed E-state index contributed by atoms with van der Waals surface area (Å²) in [4.78, 5) is 24.6. The van der Waals surface area contributed by atoms with Crippen molar-refractivity contribution in [1.82, 2.24) is 5.32 Å². The molecule has 15 heavy (non-hydrogen) atoms. The van der Waals surface area contributed by atoms with E-state index in [0.717, 1.165) is 31.9 Å². The number of ketones is 1. The van der Waals surface area contributed by atoms with Gasteiger partial charge in [-0.25, -0.2) is 4.79 Å². The number of carboxylic acid groups (broad SMARTS) is 1. The third-order valence-corrected chi connectivity index (χ3v) is 2.64. The number of Topliss-reactive ketones (excluding diaryl/α,β-unsaturated/α-hetero) is 1. The van der Waals surface area contributed by atoms with Crippen LogP contribution in [0.5, 0.6) is 0 Å². The molecule has 6 nitrogen and oxygen atoms in total. The molecule has 0 saturated heterocycles. The lowest BCUT2D eigenvalue weighted by Gasteiger charge is -2.18. The standard InChI is InChI=1S/C9H13N3O3/c10-11-5-7(13)8(12-9(14)15)6-3-1-2-4-6/h5-6,8,12H,1-4H2,(H,14,15)/t8-/m0/s1. The van der Waals surface area contributed by atoms with Gasteiger partial charge in [0, 0.05) is 0 Å². The number of carbonyl (C=O) groups is 2. The van der Waals surface area contributed by atoms with Crippen LogP contribution in [0, 0.1) is 5.92 Å². The van der Waals surface area contributed by atoms with Crippen molar-refractivity contribution in [2.75, 3.05) is 0 Å². The average molecular weight is 211 g/mol. The lowest BCUT2D eigenvalue weighted by Crippen LogP contribution is -2.45. The summed E-state index contributed by atoms with van der Waals surface area (Å²) in [6, 6.07) is -0.777. The molecular weight excluding hydrogens is 198 g/mol. The molecule has 0 radical (unpaired) electrons. The SMILES string of the molecule is [N-]=[N+]=CC(=O)[C@@H](NC(=O)O)C1CCCC1. The number of rotatable bonds is 4. The van der Waals surface area contributed by atoms with Crippen molar-refractivity contribution >= 4 is 18.1 Å². The maximum atomic E-state index is 11.4. The molecule has 0 aromatic rings. The van der Waals surface area contributed by atoms with Gasteiger partial charge in [-0.2, -0.15) is 4.79 Å². The molecule has 1 atom stereocenters. The lowest BCUT2D eigenvalue weighted by atomic mass is 9.95. The Labute approximate surface area is 86.9 Å². The number of nitrogens with one attached hydrogen (secondary N) is 1. The third kappa shape index (κ3) is 3.18. The number of amides is 1. The second-order valence-electron chi connectivity index (χ2n) is 3.62. The molecule has 1 rings (SSSR count). The van der Waals surface area contributed by atoms with Gasteiger partial charge in [0.25, 0.3) is 5.78 Å². The predicted molar refractivity (Wildman–Crippen MR) is 51.6 cm³/mol. The second-order valence-corrected chi connectivity index (χ2v) is 3.62.